The molecule has 0 fully saturated rings. The van der Waals surface area contributed by atoms with Gasteiger partial charge in [0.15, 0.2) is 5.78 Å². The minimum Gasteiger partial charge on any atom is -0.310 e. The summed E-state index contributed by atoms with van der Waals surface area (Å²) in [7, 11) is 0. The van der Waals surface area contributed by atoms with Gasteiger partial charge < -0.3 is 5.32 Å². The van der Waals surface area contributed by atoms with Crippen LogP contribution in [0.2, 0.25) is 5.02 Å². The number of benzene rings is 2. The van der Waals surface area contributed by atoms with E-state index < -0.39 is 5.92 Å². The summed E-state index contributed by atoms with van der Waals surface area (Å²) >= 11 is 6.26. The molecule has 0 saturated carbocycles. The molecule has 1 aliphatic rings. The van der Waals surface area contributed by atoms with E-state index in [9.17, 15) is 9.59 Å². The first kappa shape index (κ1) is 17.5. The lowest BCUT2D eigenvalue weighted by Gasteiger charge is -2.23. The highest BCUT2D eigenvalue weighted by molar-refractivity contribution is 6.31. The zero-order valence-corrected chi connectivity index (χ0v) is 15.7. The molecule has 0 aliphatic carbocycles. The molecule has 2 heterocycles. The summed E-state index contributed by atoms with van der Waals surface area (Å²) in [6.45, 7) is 3.78. The Morgan fingerprint density at radius 2 is 1.93 bits per heavy atom. The second-order valence-electron chi connectivity index (χ2n) is 6.73. The Labute approximate surface area is 162 Å². The summed E-state index contributed by atoms with van der Waals surface area (Å²) in [6, 6.07) is 14.6. The number of aryl methyl sites for hydroxylation is 2. The number of ketones is 1. The van der Waals surface area contributed by atoms with Crippen LogP contribution in [-0.4, -0.2) is 21.5 Å². The number of anilines is 1. The molecule has 0 radical (unpaired) electrons. The third kappa shape index (κ3) is 3.04. The van der Waals surface area contributed by atoms with Crippen molar-refractivity contribution in [3.05, 3.63) is 75.9 Å². The number of aromatic nitrogens is 2. The average molecular weight is 380 g/mol. The van der Waals surface area contributed by atoms with Crippen LogP contribution in [0.25, 0.3) is 5.69 Å². The van der Waals surface area contributed by atoms with Gasteiger partial charge in [0.05, 0.1) is 17.3 Å². The maximum absolute atomic E-state index is 13.1. The highest BCUT2D eigenvalue weighted by Crippen LogP contribution is 2.38. The van der Waals surface area contributed by atoms with Crippen LogP contribution in [0, 0.1) is 13.8 Å². The first-order chi connectivity index (χ1) is 13.0. The van der Waals surface area contributed by atoms with E-state index in [1.807, 2.05) is 44.2 Å². The number of hydrogen-bond acceptors (Lipinski definition) is 3. The van der Waals surface area contributed by atoms with Crippen molar-refractivity contribution in [3.63, 3.8) is 0 Å². The summed E-state index contributed by atoms with van der Waals surface area (Å²) in [6.07, 6.45) is 0.113. The van der Waals surface area contributed by atoms with E-state index in [1.54, 1.807) is 22.9 Å². The van der Waals surface area contributed by atoms with Crippen LogP contribution in [-0.2, 0) is 4.79 Å². The van der Waals surface area contributed by atoms with Crippen LogP contribution >= 0.6 is 11.6 Å². The SMILES string of the molecule is Cc1ccc(-n2nc(C)c3c2NC(=O)C[C@@H]3C(=O)c2ccccc2)cc1Cl. The number of amides is 1. The monoisotopic (exact) mass is 379 g/mol. The summed E-state index contributed by atoms with van der Waals surface area (Å²) in [5.41, 5.74) is 3.77. The lowest BCUT2D eigenvalue weighted by molar-refractivity contribution is -0.116. The first-order valence-corrected chi connectivity index (χ1v) is 9.08. The highest BCUT2D eigenvalue weighted by Gasteiger charge is 2.36. The number of Topliss-reactive ketones (excluding diaryl/α,β-unsaturated/α-hetero) is 1. The van der Waals surface area contributed by atoms with Gasteiger partial charge in [0, 0.05) is 22.6 Å². The number of hydrogen-bond donors (Lipinski definition) is 1. The predicted molar refractivity (Wildman–Crippen MR) is 105 cm³/mol. The maximum atomic E-state index is 13.1. The molecular formula is C21H18ClN3O2. The van der Waals surface area contributed by atoms with Gasteiger partial charge in [0.2, 0.25) is 5.91 Å². The van der Waals surface area contributed by atoms with Crippen LogP contribution in [0.1, 0.15) is 39.5 Å². The van der Waals surface area contributed by atoms with Crippen LogP contribution in [0.3, 0.4) is 0 Å². The molecule has 0 unspecified atom stereocenters. The Hall–Kier alpha value is -2.92. The van der Waals surface area contributed by atoms with Gasteiger partial charge in [-0.1, -0.05) is 48.0 Å². The van der Waals surface area contributed by atoms with E-state index in [2.05, 4.69) is 10.4 Å². The average Bonchev–Trinajstić information content (AvgIpc) is 3.00. The maximum Gasteiger partial charge on any atom is 0.226 e. The number of carbonyl (C=O) groups is 2. The molecule has 1 atom stereocenters. The topological polar surface area (TPSA) is 64.0 Å². The van der Waals surface area contributed by atoms with Crippen molar-refractivity contribution in [2.24, 2.45) is 0 Å². The third-order valence-corrected chi connectivity index (χ3v) is 5.28. The Morgan fingerprint density at radius 3 is 2.63 bits per heavy atom. The van der Waals surface area contributed by atoms with E-state index in [4.69, 9.17) is 11.6 Å². The number of nitrogens with zero attached hydrogens (tertiary/aromatic N) is 2. The fourth-order valence-corrected chi connectivity index (χ4v) is 3.65. The van der Waals surface area contributed by atoms with E-state index in [1.165, 1.54) is 0 Å². The quantitative estimate of drug-likeness (QED) is 0.684. The second-order valence-corrected chi connectivity index (χ2v) is 7.14. The van der Waals surface area contributed by atoms with Gasteiger partial charge in [-0.25, -0.2) is 4.68 Å². The van der Waals surface area contributed by atoms with Crippen molar-refractivity contribution in [1.82, 2.24) is 9.78 Å². The van der Waals surface area contributed by atoms with Crippen molar-refractivity contribution in [2.75, 3.05) is 5.32 Å². The lowest BCUT2D eigenvalue weighted by atomic mass is 9.85. The van der Waals surface area contributed by atoms with Crippen molar-refractivity contribution < 1.29 is 9.59 Å². The van der Waals surface area contributed by atoms with Crippen molar-refractivity contribution >= 4 is 29.1 Å². The summed E-state index contributed by atoms with van der Waals surface area (Å²) < 4.78 is 1.65. The van der Waals surface area contributed by atoms with Gasteiger partial charge in [-0.2, -0.15) is 5.10 Å². The standard InChI is InChI=1S/C21H18ClN3O2/c1-12-8-9-15(10-17(12)22)25-21-19(13(2)24-25)16(11-18(26)23-21)20(27)14-6-4-3-5-7-14/h3-10,16H,11H2,1-2H3,(H,23,26)/t16-/m0/s1. The van der Waals surface area contributed by atoms with Crippen molar-refractivity contribution in [1.29, 1.82) is 0 Å². The number of carbonyl (C=O) groups excluding carboxylic acids is 2. The van der Waals surface area contributed by atoms with Gasteiger partial charge in [-0.3, -0.25) is 9.59 Å². The Bertz CT molecular complexity index is 1060. The molecule has 1 amide bonds. The van der Waals surface area contributed by atoms with Crippen LogP contribution < -0.4 is 5.32 Å². The Morgan fingerprint density at radius 1 is 1.19 bits per heavy atom. The molecule has 1 N–H and O–H groups in total. The van der Waals surface area contributed by atoms with E-state index >= 15 is 0 Å². The molecule has 0 bridgehead atoms. The molecule has 136 valence electrons. The fourth-order valence-electron chi connectivity index (χ4n) is 3.48. The smallest absolute Gasteiger partial charge is 0.226 e. The highest BCUT2D eigenvalue weighted by atomic mass is 35.5. The predicted octanol–water partition coefficient (Wildman–Crippen LogP) is 4.45. The Balaban J connectivity index is 1.83. The van der Waals surface area contributed by atoms with Gasteiger partial charge in [0.25, 0.3) is 0 Å². The van der Waals surface area contributed by atoms with E-state index in [0.717, 1.165) is 22.5 Å². The zero-order chi connectivity index (χ0) is 19.1. The van der Waals surface area contributed by atoms with Crippen LogP contribution in [0.15, 0.2) is 48.5 Å². The first-order valence-electron chi connectivity index (χ1n) is 8.71. The summed E-state index contributed by atoms with van der Waals surface area (Å²) in [5, 5.41) is 8.09. The normalized spacial score (nSPS) is 16.0. The van der Waals surface area contributed by atoms with E-state index in [-0.39, 0.29) is 18.1 Å². The molecule has 3 aromatic rings. The minimum absolute atomic E-state index is 0.0729. The molecular weight excluding hydrogens is 362 g/mol. The van der Waals surface area contributed by atoms with Crippen LogP contribution in [0.5, 0.6) is 0 Å². The molecule has 0 spiro atoms. The largest absolute Gasteiger partial charge is 0.310 e. The molecule has 2 aromatic carbocycles. The second kappa shape index (κ2) is 6.67. The fraction of sp³-hybridized carbons (Fsp3) is 0.190. The van der Waals surface area contributed by atoms with E-state index in [0.29, 0.717) is 16.4 Å². The van der Waals surface area contributed by atoms with Gasteiger partial charge in [0.1, 0.15) is 5.82 Å². The number of fused-ring (bicyclic) bond motifs is 1. The summed E-state index contributed by atoms with van der Waals surface area (Å²) in [4.78, 5) is 25.4. The number of halogens is 1. The van der Waals surface area contributed by atoms with Crippen molar-refractivity contribution in [3.8, 4) is 5.69 Å². The van der Waals surface area contributed by atoms with Crippen molar-refractivity contribution in [2.45, 2.75) is 26.2 Å². The molecule has 6 heteroatoms. The zero-order valence-electron chi connectivity index (χ0n) is 15.0. The molecule has 1 aliphatic heterocycles. The summed E-state index contributed by atoms with van der Waals surface area (Å²) in [5.74, 6) is -0.281. The van der Waals surface area contributed by atoms with Gasteiger partial charge >= 0.3 is 0 Å². The molecule has 4 rings (SSSR count). The molecule has 27 heavy (non-hydrogen) atoms. The van der Waals surface area contributed by atoms with Crippen LogP contribution in [0.4, 0.5) is 5.82 Å². The lowest BCUT2D eigenvalue weighted by Crippen LogP contribution is -2.28. The molecule has 0 saturated heterocycles. The minimum atomic E-state index is -0.550. The van der Waals surface area contributed by atoms with Gasteiger partial charge in [-0.15, -0.1) is 0 Å². The molecule has 5 nitrogen and oxygen atoms in total. The number of rotatable bonds is 3. The third-order valence-electron chi connectivity index (χ3n) is 4.88. The number of nitrogens with one attached hydrogen (secondary N) is 1. The Kier molecular flexibility index (Phi) is 4.32. The molecule has 1 aromatic heterocycles. The van der Waals surface area contributed by atoms with Gasteiger partial charge in [-0.05, 0) is 31.5 Å².